The molecule has 1 aliphatic heterocycles. The molecule has 1 heterocycles. The van der Waals surface area contributed by atoms with Gasteiger partial charge < -0.3 is 14.7 Å². The van der Waals surface area contributed by atoms with Crippen molar-refractivity contribution in [1.82, 2.24) is 4.90 Å². The van der Waals surface area contributed by atoms with Crippen molar-refractivity contribution < 1.29 is 19.4 Å². The molecule has 5 heteroatoms. The minimum Gasteiger partial charge on any atom is -0.490 e. The summed E-state index contributed by atoms with van der Waals surface area (Å²) in [5.74, 6) is 0.269. The van der Waals surface area contributed by atoms with Gasteiger partial charge in [-0.15, -0.1) is 0 Å². The van der Waals surface area contributed by atoms with Gasteiger partial charge in [-0.1, -0.05) is 12.1 Å². The highest BCUT2D eigenvalue weighted by Crippen LogP contribution is 2.24. The van der Waals surface area contributed by atoms with Gasteiger partial charge in [0.25, 0.3) is 0 Å². The number of benzene rings is 1. The van der Waals surface area contributed by atoms with Crippen LogP contribution in [0, 0.1) is 13.8 Å². The Morgan fingerprint density at radius 3 is 2.50 bits per heavy atom. The maximum Gasteiger partial charge on any atom is 0.303 e. The van der Waals surface area contributed by atoms with Crippen LogP contribution in [0.4, 0.5) is 0 Å². The molecule has 24 heavy (non-hydrogen) atoms. The molecule has 1 aliphatic rings. The molecule has 0 saturated carbocycles. The normalized spacial score (nSPS) is 15.3. The van der Waals surface area contributed by atoms with Gasteiger partial charge in [0, 0.05) is 38.8 Å². The average Bonchev–Trinajstić information content (AvgIpc) is 2.55. The number of unbranched alkanes of at least 4 members (excludes halogenated alkanes) is 1. The van der Waals surface area contributed by atoms with Crippen LogP contribution >= 0.6 is 0 Å². The van der Waals surface area contributed by atoms with Crippen LogP contribution in [-0.4, -0.2) is 41.1 Å². The van der Waals surface area contributed by atoms with Gasteiger partial charge in [0.15, 0.2) is 0 Å². The third-order valence-electron chi connectivity index (χ3n) is 4.46. The lowest BCUT2D eigenvalue weighted by molar-refractivity contribution is -0.138. The molecular formula is C19H27NO4. The molecule has 5 nitrogen and oxygen atoms in total. The fourth-order valence-electron chi connectivity index (χ4n) is 2.95. The van der Waals surface area contributed by atoms with Crippen molar-refractivity contribution in [3.8, 4) is 5.75 Å². The fraction of sp³-hybridized carbons (Fsp3) is 0.579. The summed E-state index contributed by atoms with van der Waals surface area (Å²) in [5.41, 5.74) is 2.32. The van der Waals surface area contributed by atoms with E-state index >= 15 is 0 Å². The maximum absolute atomic E-state index is 12.1. The number of aryl methyl sites for hydroxylation is 2. The van der Waals surface area contributed by atoms with E-state index in [0.717, 1.165) is 24.2 Å². The summed E-state index contributed by atoms with van der Waals surface area (Å²) in [6, 6.07) is 6.21. The van der Waals surface area contributed by atoms with Gasteiger partial charge in [0.1, 0.15) is 11.9 Å². The van der Waals surface area contributed by atoms with E-state index in [-0.39, 0.29) is 18.4 Å². The van der Waals surface area contributed by atoms with Crippen LogP contribution in [-0.2, 0) is 9.59 Å². The molecule has 0 aliphatic carbocycles. The standard InChI is InChI=1S/C19H27NO4/c1-14-7-8-15(2)17(13-14)24-16-9-11-20(12-10-16)18(21)5-3-4-6-19(22)23/h7-8,13,16H,3-6,9-12H2,1-2H3,(H,22,23). The Morgan fingerprint density at radius 1 is 1.17 bits per heavy atom. The number of carbonyl (C=O) groups excluding carboxylic acids is 1. The molecule has 1 aromatic carbocycles. The fourth-order valence-corrected chi connectivity index (χ4v) is 2.95. The Morgan fingerprint density at radius 2 is 1.83 bits per heavy atom. The van der Waals surface area contributed by atoms with Crippen molar-refractivity contribution in [1.29, 1.82) is 0 Å². The van der Waals surface area contributed by atoms with E-state index in [4.69, 9.17) is 9.84 Å². The van der Waals surface area contributed by atoms with Crippen molar-refractivity contribution in [2.45, 2.75) is 58.5 Å². The Hall–Kier alpha value is -2.04. The zero-order valence-electron chi connectivity index (χ0n) is 14.6. The van der Waals surface area contributed by atoms with E-state index < -0.39 is 5.97 Å². The predicted molar refractivity (Wildman–Crippen MR) is 92.2 cm³/mol. The van der Waals surface area contributed by atoms with Crippen molar-refractivity contribution in [3.63, 3.8) is 0 Å². The van der Waals surface area contributed by atoms with Crippen LogP contribution in [0.2, 0.25) is 0 Å². The van der Waals surface area contributed by atoms with Crippen molar-refractivity contribution in [2.75, 3.05) is 13.1 Å². The first kappa shape index (κ1) is 18.3. The second-order valence-electron chi connectivity index (χ2n) is 6.57. The number of carboxylic acids is 1. The van der Waals surface area contributed by atoms with Gasteiger partial charge in [0.05, 0.1) is 0 Å². The Kier molecular flexibility index (Phi) is 6.64. The lowest BCUT2D eigenvalue weighted by atomic mass is 10.1. The number of carboxylic acid groups (broad SMARTS) is 1. The van der Waals surface area contributed by atoms with Gasteiger partial charge in [-0.05, 0) is 43.9 Å². The summed E-state index contributed by atoms with van der Waals surface area (Å²) in [6.45, 7) is 5.53. The predicted octanol–water partition coefficient (Wildman–Crippen LogP) is 3.32. The van der Waals surface area contributed by atoms with Gasteiger partial charge >= 0.3 is 5.97 Å². The highest BCUT2D eigenvalue weighted by molar-refractivity contribution is 5.76. The molecule has 2 rings (SSSR count). The molecule has 1 saturated heterocycles. The van der Waals surface area contributed by atoms with Gasteiger partial charge in [-0.25, -0.2) is 0 Å². The van der Waals surface area contributed by atoms with Crippen molar-refractivity contribution in [3.05, 3.63) is 29.3 Å². The number of nitrogens with zero attached hydrogens (tertiary/aromatic N) is 1. The van der Waals surface area contributed by atoms with Crippen molar-refractivity contribution >= 4 is 11.9 Å². The lowest BCUT2D eigenvalue weighted by Crippen LogP contribution is -2.41. The summed E-state index contributed by atoms with van der Waals surface area (Å²) in [5, 5.41) is 8.61. The van der Waals surface area contributed by atoms with Crippen LogP contribution in [0.25, 0.3) is 0 Å². The number of hydrogen-bond acceptors (Lipinski definition) is 3. The van der Waals surface area contributed by atoms with E-state index in [9.17, 15) is 9.59 Å². The van der Waals surface area contributed by atoms with Gasteiger partial charge in [-0.3, -0.25) is 9.59 Å². The largest absolute Gasteiger partial charge is 0.490 e. The van der Waals surface area contributed by atoms with E-state index in [0.29, 0.717) is 32.4 Å². The summed E-state index contributed by atoms with van der Waals surface area (Å²) in [4.78, 5) is 24.5. The minimum absolute atomic E-state index is 0.130. The molecule has 1 fully saturated rings. The smallest absolute Gasteiger partial charge is 0.303 e. The zero-order valence-corrected chi connectivity index (χ0v) is 14.6. The summed E-state index contributed by atoms with van der Waals surface area (Å²) >= 11 is 0. The molecule has 0 radical (unpaired) electrons. The highest BCUT2D eigenvalue weighted by atomic mass is 16.5. The molecule has 0 bridgehead atoms. The zero-order chi connectivity index (χ0) is 17.5. The van der Waals surface area contributed by atoms with Crippen LogP contribution in [0.5, 0.6) is 5.75 Å². The lowest BCUT2D eigenvalue weighted by Gasteiger charge is -2.32. The summed E-state index contributed by atoms with van der Waals surface area (Å²) in [6.07, 6.45) is 3.62. The quantitative estimate of drug-likeness (QED) is 0.777. The molecule has 0 atom stereocenters. The van der Waals surface area contributed by atoms with Crippen LogP contribution < -0.4 is 4.74 Å². The van der Waals surface area contributed by atoms with E-state index in [2.05, 4.69) is 25.1 Å². The van der Waals surface area contributed by atoms with Gasteiger partial charge in [0.2, 0.25) is 5.91 Å². The molecule has 0 unspecified atom stereocenters. The maximum atomic E-state index is 12.1. The third kappa shape index (κ3) is 5.55. The van der Waals surface area contributed by atoms with E-state index in [1.54, 1.807) is 0 Å². The monoisotopic (exact) mass is 333 g/mol. The number of likely N-dealkylation sites (tertiary alicyclic amines) is 1. The number of amides is 1. The number of aliphatic carboxylic acids is 1. The molecule has 1 N–H and O–H groups in total. The molecule has 0 aromatic heterocycles. The van der Waals surface area contributed by atoms with E-state index in [1.807, 2.05) is 11.8 Å². The molecule has 0 spiro atoms. The summed E-state index contributed by atoms with van der Waals surface area (Å²) < 4.78 is 6.12. The molecule has 1 aromatic rings. The van der Waals surface area contributed by atoms with Gasteiger partial charge in [-0.2, -0.15) is 0 Å². The first-order valence-electron chi connectivity index (χ1n) is 8.69. The molecule has 1 amide bonds. The Bertz CT molecular complexity index is 577. The minimum atomic E-state index is -0.799. The summed E-state index contributed by atoms with van der Waals surface area (Å²) in [7, 11) is 0. The number of piperidine rings is 1. The topological polar surface area (TPSA) is 66.8 Å². The van der Waals surface area contributed by atoms with E-state index in [1.165, 1.54) is 5.56 Å². The first-order chi connectivity index (χ1) is 11.5. The second-order valence-corrected chi connectivity index (χ2v) is 6.57. The van der Waals surface area contributed by atoms with Crippen molar-refractivity contribution in [2.24, 2.45) is 0 Å². The average molecular weight is 333 g/mol. The van der Waals surface area contributed by atoms with Crippen LogP contribution in [0.15, 0.2) is 18.2 Å². The second kappa shape index (κ2) is 8.71. The Balaban J connectivity index is 1.73. The van der Waals surface area contributed by atoms with Crippen LogP contribution in [0.3, 0.4) is 0 Å². The Labute approximate surface area is 143 Å². The number of hydrogen-bond donors (Lipinski definition) is 1. The number of ether oxygens (including phenoxy) is 1. The first-order valence-corrected chi connectivity index (χ1v) is 8.69. The highest BCUT2D eigenvalue weighted by Gasteiger charge is 2.24. The van der Waals surface area contributed by atoms with Crippen LogP contribution in [0.1, 0.15) is 49.7 Å². The third-order valence-corrected chi connectivity index (χ3v) is 4.46. The SMILES string of the molecule is Cc1ccc(C)c(OC2CCN(C(=O)CCCCC(=O)O)CC2)c1. The molecule has 132 valence electrons. The number of carbonyl (C=O) groups is 2. The molecular weight excluding hydrogens is 306 g/mol. The number of rotatable bonds is 7.